The van der Waals surface area contributed by atoms with Crippen LogP contribution >= 0.6 is 27.3 Å². The minimum atomic E-state index is -4.56. The molecule has 0 saturated carbocycles. The summed E-state index contributed by atoms with van der Waals surface area (Å²) < 4.78 is 40.8. The van der Waals surface area contributed by atoms with Crippen LogP contribution in [0.5, 0.6) is 0 Å². The van der Waals surface area contributed by atoms with Crippen molar-refractivity contribution in [2.24, 2.45) is 16.7 Å². The molecule has 0 fully saturated rings. The number of halogens is 4. The number of nitrogens with one attached hydrogen (secondary N) is 1. The number of fused-ring (bicyclic) bond motifs is 1. The first-order valence-electron chi connectivity index (χ1n) is 7.76. The van der Waals surface area contributed by atoms with Crippen LogP contribution < -0.4 is 16.9 Å². The Kier molecular flexibility index (Phi) is 5.57. The highest BCUT2D eigenvalue weighted by Crippen LogP contribution is 2.36. The second-order valence-corrected chi connectivity index (χ2v) is 7.47. The molecule has 2 aromatic heterocycles. The average molecular weight is 472 g/mol. The summed E-state index contributed by atoms with van der Waals surface area (Å²) in [5.74, 6) is 4.69. The normalized spacial score (nSPS) is 12.4. The number of amides is 1. The predicted molar refractivity (Wildman–Crippen MR) is 106 cm³/mol. The lowest BCUT2D eigenvalue weighted by molar-refractivity contribution is -0.136. The number of amidine groups is 1. The maximum Gasteiger partial charge on any atom is 0.417 e. The number of carbonyl (C=O) groups is 1. The zero-order chi connectivity index (χ0) is 20.5. The van der Waals surface area contributed by atoms with Gasteiger partial charge in [0.2, 0.25) is 5.91 Å². The van der Waals surface area contributed by atoms with Crippen LogP contribution in [0.15, 0.2) is 45.4 Å². The quantitative estimate of drug-likeness (QED) is 0.232. The smallest absolute Gasteiger partial charge is 0.382 e. The Bertz CT molecular complexity index is 1080. The number of carbonyl (C=O) groups excluding carboxylic acids is 1. The van der Waals surface area contributed by atoms with Crippen molar-refractivity contribution >= 4 is 54.9 Å². The number of aromatic nitrogens is 1. The molecule has 2 heterocycles. The third kappa shape index (κ3) is 4.09. The van der Waals surface area contributed by atoms with E-state index in [1.54, 1.807) is 5.38 Å². The van der Waals surface area contributed by atoms with E-state index in [1.807, 2.05) is 0 Å². The number of benzene rings is 1. The molecule has 0 saturated heterocycles. The van der Waals surface area contributed by atoms with E-state index in [2.05, 4.69) is 31.3 Å². The zero-order valence-corrected chi connectivity index (χ0v) is 16.5. The first-order valence-corrected chi connectivity index (χ1v) is 9.43. The molecule has 1 amide bonds. The van der Waals surface area contributed by atoms with Gasteiger partial charge in [-0.2, -0.15) is 18.3 Å². The summed E-state index contributed by atoms with van der Waals surface area (Å²) in [4.78, 5) is 16.4. The SMILES string of the molecule is N/N=C(\N)c1c(Br)csc1NC(=O)Cc1cc(C(F)(F)F)c2cccnc2c1. The summed E-state index contributed by atoms with van der Waals surface area (Å²) in [5, 5.41) is 8.09. The molecule has 0 bridgehead atoms. The van der Waals surface area contributed by atoms with Crippen LogP contribution in [0, 0.1) is 0 Å². The molecule has 3 aromatic rings. The minimum absolute atomic E-state index is 0.0117. The molecule has 3 rings (SSSR count). The Morgan fingerprint density at radius 3 is 2.79 bits per heavy atom. The summed E-state index contributed by atoms with van der Waals surface area (Å²) in [6, 6.07) is 5.21. The van der Waals surface area contributed by atoms with Gasteiger partial charge < -0.3 is 16.9 Å². The van der Waals surface area contributed by atoms with Gasteiger partial charge >= 0.3 is 6.18 Å². The average Bonchev–Trinajstić information content (AvgIpc) is 2.99. The predicted octanol–water partition coefficient (Wildman–Crippen LogP) is 3.84. The lowest BCUT2D eigenvalue weighted by Crippen LogP contribution is -2.20. The Hall–Kier alpha value is -2.66. The van der Waals surface area contributed by atoms with Gasteiger partial charge in [0, 0.05) is 21.4 Å². The highest BCUT2D eigenvalue weighted by atomic mass is 79.9. The van der Waals surface area contributed by atoms with Crippen molar-refractivity contribution in [2.45, 2.75) is 12.6 Å². The second kappa shape index (κ2) is 7.76. The highest BCUT2D eigenvalue weighted by molar-refractivity contribution is 9.10. The van der Waals surface area contributed by atoms with Crippen molar-refractivity contribution in [3.8, 4) is 0 Å². The van der Waals surface area contributed by atoms with Gasteiger partial charge in [-0.3, -0.25) is 9.78 Å². The number of nitrogens with zero attached hydrogens (tertiary/aromatic N) is 2. The van der Waals surface area contributed by atoms with Gasteiger partial charge in [-0.1, -0.05) is 6.07 Å². The molecule has 6 nitrogen and oxygen atoms in total. The topological polar surface area (TPSA) is 106 Å². The first-order chi connectivity index (χ1) is 13.2. The highest BCUT2D eigenvalue weighted by Gasteiger charge is 2.33. The van der Waals surface area contributed by atoms with Crippen molar-refractivity contribution in [3.63, 3.8) is 0 Å². The molecule has 0 atom stereocenters. The largest absolute Gasteiger partial charge is 0.417 e. The van der Waals surface area contributed by atoms with Crippen LogP contribution in [-0.2, 0) is 17.4 Å². The number of thiophene rings is 1. The molecular formula is C17H13BrF3N5OS. The van der Waals surface area contributed by atoms with Crippen molar-refractivity contribution in [1.29, 1.82) is 0 Å². The second-order valence-electron chi connectivity index (χ2n) is 5.74. The zero-order valence-electron chi connectivity index (χ0n) is 14.0. The Morgan fingerprint density at radius 1 is 1.36 bits per heavy atom. The third-order valence-electron chi connectivity index (χ3n) is 3.84. The fourth-order valence-electron chi connectivity index (χ4n) is 2.67. The van der Waals surface area contributed by atoms with Gasteiger partial charge in [0.1, 0.15) is 5.00 Å². The number of rotatable bonds is 4. The summed E-state index contributed by atoms with van der Waals surface area (Å²) in [7, 11) is 0. The van der Waals surface area contributed by atoms with Gasteiger partial charge in [0.25, 0.3) is 0 Å². The molecule has 0 radical (unpaired) electrons. The molecule has 0 aliphatic rings. The van der Waals surface area contributed by atoms with Crippen molar-refractivity contribution in [3.05, 3.63) is 57.0 Å². The van der Waals surface area contributed by atoms with Gasteiger partial charge in [-0.05, 0) is 39.7 Å². The molecule has 28 heavy (non-hydrogen) atoms. The van der Waals surface area contributed by atoms with Crippen molar-refractivity contribution < 1.29 is 18.0 Å². The summed E-state index contributed by atoms with van der Waals surface area (Å²) in [6.07, 6.45) is -3.44. The van der Waals surface area contributed by atoms with Gasteiger partial charge in [0.05, 0.1) is 23.1 Å². The fraction of sp³-hybridized carbons (Fsp3) is 0.118. The van der Waals surface area contributed by atoms with E-state index in [-0.39, 0.29) is 28.7 Å². The molecule has 11 heteroatoms. The number of nitrogens with two attached hydrogens (primary N) is 2. The molecule has 146 valence electrons. The third-order valence-corrected chi connectivity index (χ3v) is 5.67. The molecule has 0 aliphatic carbocycles. The lowest BCUT2D eigenvalue weighted by Gasteiger charge is -2.13. The number of hydrogen-bond acceptors (Lipinski definition) is 5. The van der Waals surface area contributed by atoms with E-state index in [1.165, 1.54) is 35.7 Å². The monoisotopic (exact) mass is 471 g/mol. The van der Waals surface area contributed by atoms with Crippen LogP contribution in [0.3, 0.4) is 0 Å². The van der Waals surface area contributed by atoms with E-state index in [0.717, 1.165) is 6.07 Å². The summed E-state index contributed by atoms with van der Waals surface area (Å²) in [6.45, 7) is 0. The number of hydrogen-bond donors (Lipinski definition) is 3. The number of hydrazone groups is 1. The Balaban J connectivity index is 1.91. The van der Waals surface area contributed by atoms with Crippen LogP contribution in [0.2, 0.25) is 0 Å². The molecule has 5 N–H and O–H groups in total. The molecule has 1 aromatic carbocycles. The Labute approximate surface area is 169 Å². The number of anilines is 1. The van der Waals surface area contributed by atoms with Crippen LogP contribution in [-0.4, -0.2) is 16.7 Å². The minimum Gasteiger partial charge on any atom is -0.382 e. The standard InChI is InChI=1S/C17H13BrF3N5OS/c18-11-7-28-16(14(11)15(22)26-23)25-13(27)6-8-4-10(17(19,20)21)9-2-1-3-24-12(9)5-8/h1-5,7H,6,23H2,(H2,22,26)(H,25,27). The van der Waals surface area contributed by atoms with E-state index < -0.39 is 17.6 Å². The van der Waals surface area contributed by atoms with Crippen LogP contribution in [0.25, 0.3) is 10.9 Å². The molecule has 0 spiro atoms. The summed E-state index contributed by atoms with van der Waals surface area (Å²) in [5.41, 5.74) is 5.65. The van der Waals surface area contributed by atoms with E-state index in [0.29, 0.717) is 15.0 Å². The molecule has 0 aliphatic heterocycles. The number of alkyl halides is 3. The van der Waals surface area contributed by atoms with Gasteiger partial charge in [-0.25, -0.2) is 0 Å². The maximum absolute atomic E-state index is 13.4. The van der Waals surface area contributed by atoms with Gasteiger partial charge in [-0.15, -0.1) is 11.3 Å². The van der Waals surface area contributed by atoms with Gasteiger partial charge in [0.15, 0.2) is 5.84 Å². The fourth-order valence-corrected chi connectivity index (χ4v) is 4.32. The molecular weight excluding hydrogens is 459 g/mol. The van der Waals surface area contributed by atoms with E-state index in [9.17, 15) is 18.0 Å². The lowest BCUT2D eigenvalue weighted by atomic mass is 10.0. The van der Waals surface area contributed by atoms with Crippen molar-refractivity contribution in [2.75, 3.05) is 5.32 Å². The van der Waals surface area contributed by atoms with Crippen molar-refractivity contribution in [1.82, 2.24) is 4.98 Å². The summed E-state index contributed by atoms with van der Waals surface area (Å²) >= 11 is 4.46. The Morgan fingerprint density at radius 2 is 2.11 bits per heavy atom. The maximum atomic E-state index is 13.4. The van der Waals surface area contributed by atoms with E-state index >= 15 is 0 Å². The molecule has 0 unspecified atom stereocenters. The van der Waals surface area contributed by atoms with Crippen LogP contribution in [0.4, 0.5) is 18.2 Å². The van der Waals surface area contributed by atoms with Crippen LogP contribution in [0.1, 0.15) is 16.7 Å². The van der Waals surface area contributed by atoms with E-state index in [4.69, 9.17) is 11.6 Å². The first kappa shape index (κ1) is 20.1. The number of pyridine rings is 1.